The van der Waals surface area contributed by atoms with Gasteiger partial charge in [-0.2, -0.15) is 13.3 Å². The monoisotopic (exact) mass is 473 g/mol. The molecule has 0 radical (unpaired) electrons. The van der Waals surface area contributed by atoms with E-state index in [1.165, 1.54) is 24.9 Å². The molecule has 33 heavy (non-hydrogen) atoms. The molecule has 2 aromatic carbocycles. The lowest BCUT2D eigenvalue weighted by Gasteiger charge is -2.12. The zero-order chi connectivity index (χ0) is 23.4. The predicted octanol–water partition coefficient (Wildman–Crippen LogP) is 3.65. The van der Waals surface area contributed by atoms with Crippen LogP contribution in [0.1, 0.15) is 11.4 Å². The number of hydrogen-bond donors (Lipinski definition) is 1. The van der Waals surface area contributed by atoms with Crippen LogP contribution in [-0.4, -0.2) is 51.5 Å². The number of ether oxygens (including phenoxy) is 2. The van der Waals surface area contributed by atoms with Crippen molar-refractivity contribution in [3.63, 3.8) is 0 Å². The highest BCUT2D eigenvalue weighted by Crippen LogP contribution is 2.29. The van der Waals surface area contributed by atoms with E-state index in [9.17, 15) is 13.6 Å². The van der Waals surface area contributed by atoms with Crippen molar-refractivity contribution in [2.45, 2.75) is 25.1 Å². The first-order chi connectivity index (χ1) is 15.9. The first-order valence-corrected chi connectivity index (χ1v) is 11.1. The third kappa shape index (κ3) is 5.30. The van der Waals surface area contributed by atoms with Crippen molar-refractivity contribution in [2.24, 2.45) is 0 Å². The van der Waals surface area contributed by atoms with Gasteiger partial charge in [0.05, 0.1) is 18.4 Å². The van der Waals surface area contributed by atoms with Gasteiger partial charge in [0.15, 0.2) is 22.3 Å². The fraction of sp³-hybridized carbons (Fsp3) is 0.273. The summed E-state index contributed by atoms with van der Waals surface area (Å²) in [7, 11) is 1.38. The fourth-order valence-corrected chi connectivity index (χ4v) is 4.09. The van der Waals surface area contributed by atoms with Gasteiger partial charge in [0.1, 0.15) is 5.82 Å². The molecule has 172 valence electrons. The number of aromatic nitrogens is 4. The number of aryl methyl sites for hydroxylation is 1. The number of methoxy groups -OCH3 is 1. The van der Waals surface area contributed by atoms with Crippen molar-refractivity contribution in [1.82, 2.24) is 24.9 Å². The number of halogens is 2. The maximum absolute atomic E-state index is 12.4. The number of alkyl halides is 2. The van der Waals surface area contributed by atoms with Crippen LogP contribution in [0.4, 0.5) is 8.78 Å². The van der Waals surface area contributed by atoms with Crippen molar-refractivity contribution in [3.05, 3.63) is 53.9 Å². The van der Waals surface area contributed by atoms with Crippen molar-refractivity contribution >= 4 is 34.2 Å². The molecule has 0 unspecified atom stereocenters. The molecule has 1 amide bonds. The summed E-state index contributed by atoms with van der Waals surface area (Å²) >= 11 is 1.28. The Morgan fingerprint density at radius 1 is 1.18 bits per heavy atom. The summed E-state index contributed by atoms with van der Waals surface area (Å²) < 4.78 is 36.1. The minimum Gasteiger partial charge on any atom is -0.493 e. The van der Waals surface area contributed by atoms with Crippen LogP contribution in [0.15, 0.2) is 47.6 Å². The first-order valence-electron chi connectivity index (χ1n) is 10.1. The summed E-state index contributed by atoms with van der Waals surface area (Å²) in [5.74, 6) is 0.798. The number of carbonyl (C=O) groups excluding carboxylic acids is 1. The van der Waals surface area contributed by atoms with Crippen molar-refractivity contribution < 1.29 is 23.0 Å². The minimum atomic E-state index is -2.93. The van der Waals surface area contributed by atoms with E-state index in [-0.39, 0.29) is 23.2 Å². The van der Waals surface area contributed by atoms with E-state index < -0.39 is 6.61 Å². The maximum Gasteiger partial charge on any atom is 0.387 e. The number of nitrogens with zero attached hydrogens (tertiary/aromatic N) is 4. The summed E-state index contributed by atoms with van der Waals surface area (Å²) in [6, 6.07) is 12.4. The van der Waals surface area contributed by atoms with Crippen molar-refractivity contribution in [2.75, 3.05) is 19.4 Å². The Hall–Kier alpha value is -3.47. The van der Waals surface area contributed by atoms with Crippen molar-refractivity contribution in [1.29, 1.82) is 0 Å². The third-order valence-corrected chi connectivity index (χ3v) is 5.70. The molecule has 0 aliphatic rings. The molecule has 0 aliphatic carbocycles. The molecule has 0 saturated carbocycles. The molecule has 2 aromatic heterocycles. The number of amides is 1. The SMILES string of the molecule is COc1cc(CCNC(=O)CSc2nc3ccccc3c3nc(C)nn23)ccc1OC(F)F. The lowest BCUT2D eigenvalue weighted by atomic mass is 10.1. The van der Waals surface area contributed by atoms with E-state index in [4.69, 9.17) is 4.74 Å². The van der Waals surface area contributed by atoms with Crippen LogP contribution in [0.2, 0.25) is 0 Å². The second-order valence-corrected chi connectivity index (χ2v) is 8.00. The number of fused-ring (bicyclic) bond motifs is 3. The predicted molar refractivity (Wildman–Crippen MR) is 120 cm³/mol. The second-order valence-electron chi connectivity index (χ2n) is 7.06. The van der Waals surface area contributed by atoms with Crippen LogP contribution in [0.3, 0.4) is 0 Å². The Kier molecular flexibility index (Phi) is 6.87. The highest BCUT2D eigenvalue weighted by atomic mass is 32.2. The zero-order valence-electron chi connectivity index (χ0n) is 17.9. The molecule has 4 rings (SSSR count). The average Bonchev–Trinajstić information content (AvgIpc) is 3.20. The van der Waals surface area contributed by atoms with Crippen molar-refractivity contribution in [3.8, 4) is 11.5 Å². The summed E-state index contributed by atoms with van der Waals surface area (Å²) in [5, 5.41) is 8.73. The summed E-state index contributed by atoms with van der Waals surface area (Å²) in [6.07, 6.45) is 0.502. The van der Waals surface area contributed by atoms with Crippen LogP contribution in [0.25, 0.3) is 16.6 Å². The van der Waals surface area contributed by atoms with E-state index >= 15 is 0 Å². The van der Waals surface area contributed by atoms with Gasteiger partial charge in [0.2, 0.25) is 5.91 Å². The number of carbonyl (C=O) groups is 1. The lowest BCUT2D eigenvalue weighted by molar-refractivity contribution is -0.118. The number of para-hydroxylation sites is 1. The molecule has 0 aliphatic heterocycles. The minimum absolute atomic E-state index is 0.0331. The fourth-order valence-electron chi connectivity index (χ4n) is 3.32. The van der Waals surface area contributed by atoms with E-state index in [2.05, 4.69) is 25.1 Å². The summed E-state index contributed by atoms with van der Waals surface area (Å²) in [4.78, 5) is 21.5. The molecule has 0 saturated heterocycles. The molecule has 0 bridgehead atoms. The molecular weight excluding hydrogens is 452 g/mol. The largest absolute Gasteiger partial charge is 0.493 e. The van der Waals surface area contributed by atoms with Crippen LogP contribution in [0, 0.1) is 6.92 Å². The summed E-state index contributed by atoms with van der Waals surface area (Å²) in [5.41, 5.74) is 2.31. The standard InChI is InChI=1S/C22H21F2N5O3S/c1-13-26-20-15-5-3-4-6-16(15)27-22(29(20)28-13)33-12-19(30)25-10-9-14-7-8-17(32-21(23)24)18(11-14)31-2/h3-8,11,21H,9-10,12H2,1-2H3,(H,25,30). The Labute approximate surface area is 192 Å². The average molecular weight is 474 g/mol. The Balaban J connectivity index is 1.36. The van der Waals surface area contributed by atoms with E-state index in [1.54, 1.807) is 16.6 Å². The molecule has 4 aromatic rings. The molecule has 1 N–H and O–H groups in total. The zero-order valence-corrected chi connectivity index (χ0v) is 18.7. The highest BCUT2D eigenvalue weighted by molar-refractivity contribution is 7.99. The van der Waals surface area contributed by atoms with Gasteiger partial charge in [-0.1, -0.05) is 30.0 Å². The van der Waals surface area contributed by atoms with E-state index in [1.807, 2.05) is 31.2 Å². The number of rotatable bonds is 9. The highest BCUT2D eigenvalue weighted by Gasteiger charge is 2.14. The smallest absolute Gasteiger partial charge is 0.387 e. The quantitative estimate of drug-likeness (QED) is 0.293. The third-order valence-electron chi connectivity index (χ3n) is 4.77. The van der Waals surface area contributed by atoms with Gasteiger partial charge in [-0.3, -0.25) is 4.79 Å². The van der Waals surface area contributed by atoms with Crippen LogP contribution in [0.5, 0.6) is 11.5 Å². The molecule has 0 atom stereocenters. The molecule has 2 heterocycles. The Bertz CT molecular complexity index is 1300. The Morgan fingerprint density at radius 2 is 2.00 bits per heavy atom. The lowest BCUT2D eigenvalue weighted by Crippen LogP contribution is -2.27. The van der Waals surface area contributed by atoms with Gasteiger partial charge < -0.3 is 14.8 Å². The van der Waals surface area contributed by atoms with Gasteiger partial charge >= 0.3 is 6.61 Å². The number of benzene rings is 2. The van der Waals surface area contributed by atoms with Gasteiger partial charge in [-0.05, 0) is 43.2 Å². The van der Waals surface area contributed by atoms with Crippen LogP contribution >= 0.6 is 11.8 Å². The van der Waals surface area contributed by atoms with Crippen LogP contribution < -0.4 is 14.8 Å². The number of thioether (sulfide) groups is 1. The Morgan fingerprint density at radius 3 is 2.79 bits per heavy atom. The number of nitrogens with one attached hydrogen (secondary N) is 1. The number of hydrogen-bond acceptors (Lipinski definition) is 7. The molecule has 0 fully saturated rings. The molecule has 0 spiro atoms. The topological polar surface area (TPSA) is 90.6 Å². The van der Waals surface area contributed by atoms with Crippen LogP contribution in [-0.2, 0) is 11.2 Å². The maximum atomic E-state index is 12.4. The normalized spacial score (nSPS) is 11.3. The van der Waals surface area contributed by atoms with E-state index in [0.717, 1.165) is 16.5 Å². The van der Waals surface area contributed by atoms with Gasteiger partial charge in [-0.25, -0.2) is 9.97 Å². The second kappa shape index (κ2) is 9.99. The molecule has 11 heteroatoms. The van der Waals surface area contributed by atoms with Gasteiger partial charge in [0.25, 0.3) is 0 Å². The van der Waals surface area contributed by atoms with E-state index in [0.29, 0.717) is 29.6 Å². The molecule has 8 nitrogen and oxygen atoms in total. The van der Waals surface area contributed by atoms with Gasteiger partial charge in [-0.15, -0.1) is 5.10 Å². The first kappa shape index (κ1) is 22.7. The summed E-state index contributed by atoms with van der Waals surface area (Å²) in [6.45, 7) is -0.744. The molecular formula is C22H21F2N5O3S. The van der Waals surface area contributed by atoms with Gasteiger partial charge in [0, 0.05) is 11.9 Å².